The quantitative estimate of drug-likeness (QED) is 0.814. The van der Waals surface area contributed by atoms with Crippen LogP contribution in [0.3, 0.4) is 0 Å². The minimum absolute atomic E-state index is 0.0213. The molecule has 9 heteroatoms. The Morgan fingerprint density at radius 2 is 2.05 bits per heavy atom. The van der Waals surface area contributed by atoms with E-state index in [-0.39, 0.29) is 12.5 Å². The number of hydrogen-bond donors (Lipinski definition) is 2. The topological polar surface area (TPSA) is 114 Å². The van der Waals surface area contributed by atoms with Crippen LogP contribution in [0.1, 0.15) is 16.1 Å². The van der Waals surface area contributed by atoms with Crippen LogP contribution in [0.15, 0.2) is 36.9 Å². The van der Waals surface area contributed by atoms with Crippen molar-refractivity contribution in [2.75, 3.05) is 11.6 Å². The second-order valence-electron chi connectivity index (χ2n) is 4.18. The number of aromatic nitrogens is 3. The van der Waals surface area contributed by atoms with Gasteiger partial charge in [-0.1, -0.05) is 0 Å². The van der Waals surface area contributed by atoms with Crippen LogP contribution < -0.4 is 10.0 Å². The summed E-state index contributed by atoms with van der Waals surface area (Å²) in [7, 11) is -3.31. The molecule has 0 aliphatic carbocycles. The van der Waals surface area contributed by atoms with E-state index in [0.717, 1.165) is 6.26 Å². The molecule has 0 bridgehead atoms. The van der Waals surface area contributed by atoms with E-state index in [9.17, 15) is 13.2 Å². The molecule has 0 fully saturated rings. The maximum atomic E-state index is 12.0. The predicted octanol–water partition coefficient (Wildman–Crippen LogP) is 0.173. The molecule has 0 aliphatic rings. The van der Waals surface area contributed by atoms with Gasteiger partial charge in [-0.2, -0.15) is 0 Å². The van der Waals surface area contributed by atoms with Crippen LogP contribution in [0.25, 0.3) is 0 Å². The van der Waals surface area contributed by atoms with Gasteiger partial charge in [0.05, 0.1) is 18.5 Å². The lowest BCUT2D eigenvalue weighted by molar-refractivity contribution is 0.102. The zero-order chi connectivity index (χ0) is 15.3. The average Bonchev–Trinajstić information content (AvgIpc) is 2.46. The summed E-state index contributed by atoms with van der Waals surface area (Å²) in [4.78, 5) is 23.7. The Hall–Kier alpha value is -2.39. The highest BCUT2D eigenvalue weighted by Crippen LogP contribution is 2.06. The Labute approximate surface area is 121 Å². The summed E-state index contributed by atoms with van der Waals surface area (Å²) >= 11 is 0. The van der Waals surface area contributed by atoms with Crippen molar-refractivity contribution in [2.24, 2.45) is 0 Å². The third kappa shape index (κ3) is 4.89. The minimum atomic E-state index is -3.31. The van der Waals surface area contributed by atoms with Gasteiger partial charge in [0.25, 0.3) is 5.91 Å². The van der Waals surface area contributed by atoms with E-state index >= 15 is 0 Å². The van der Waals surface area contributed by atoms with Crippen LogP contribution in [0.4, 0.5) is 5.82 Å². The van der Waals surface area contributed by atoms with Crippen molar-refractivity contribution in [3.05, 3.63) is 48.2 Å². The number of sulfonamides is 1. The maximum absolute atomic E-state index is 12.0. The molecule has 0 saturated carbocycles. The highest BCUT2D eigenvalue weighted by Gasteiger charge is 2.09. The zero-order valence-corrected chi connectivity index (χ0v) is 12.0. The van der Waals surface area contributed by atoms with Crippen LogP contribution in [0.5, 0.6) is 0 Å². The normalized spacial score (nSPS) is 11.1. The summed E-state index contributed by atoms with van der Waals surface area (Å²) in [5.74, 6) is 0.0133. The molecule has 0 radical (unpaired) electrons. The van der Waals surface area contributed by atoms with Crippen molar-refractivity contribution in [1.82, 2.24) is 19.7 Å². The summed E-state index contributed by atoms with van der Waals surface area (Å²) in [6.45, 7) is 0.0213. The molecular formula is C12H13N5O3S. The third-order valence-electron chi connectivity index (χ3n) is 2.42. The van der Waals surface area contributed by atoms with Gasteiger partial charge in [0, 0.05) is 18.0 Å². The van der Waals surface area contributed by atoms with Gasteiger partial charge in [-0.15, -0.1) is 0 Å². The molecule has 2 aromatic heterocycles. The summed E-state index contributed by atoms with van der Waals surface area (Å²) in [6, 6.07) is 4.60. The summed E-state index contributed by atoms with van der Waals surface area (Å²) < 4.78 is 24.4. The molecule has 0 spiro atoms. The number of nitrogens with zero attached hydrogens (tertiary/aromatic N) is 3. The van der Waals surface area contributed by atoms with Crippen LogP contribution >= 0.6 is 0 Å². The minimum Gasteiger partial charge on any atom is -0.306 e. The lowest BCUT2D eigenvalue weighted by Crippen LogP contribution is -2.22. The molecule has 2 heterocycles. The molecule has 0 saturated heterocycles. The van der Waals surface area contributed by atoms with Gasteiger partial charge in [-0.25, -0.2) is 23.1 Å². The van der Waals surface area contributed by atoms with Crippen LogP contribution in [0.2, 0.25) is 0 Å². The first-order valence-corrected chi connectivity index (χ1v) is 7.80. The number of amides is 1. The number of pyridine rings is 1. The van der Waals surface area contributed by atoms with Gasteiger partial charge in [-0.05, 0) is 18.2 Å². The van der Waals surface area contributed by atoms with E-state index < -0.39 is 10.0 Å². The van der Waals surface area contributed by atoms with E-state index in [2.05, 4.69) is 25.0 Å². The standard InChI is InChI=1S/C12H13N5O3S/c1-21(19,20)16-7-10-6-9(2-5-14-10)12(18)17-11-3-4-13-8-15-11/h2-6,8,16H,7H2,1H3,(H,13,15,17,18). The Bertz CT molecular complexity index is 734. The van der Waals surface area contributed by atoms with Gasteiger partial charge in [0.2, 0.25) is 10.0 Å². The van der Waals surface area contributed by atoms with E-state index in [4.69, 9.17) is 0 Å². The fourth-order valence-electron chi connectivity index (χ4n) is 1.47. The molecule has 0 aliphatic heterocycles. The first-order chi connectivity index (χ1) is 9.94. The largest absolute Gasteiger partial charge is 0.306 e. The van der Waals surface area contributed by atoms with Crippen molar-refractivity contribution in [3.8, 4) is 0 Å². The molecule has 21 heavy (non-hydrogen) atoms. The SMILES string of the molecule is CS(=O)(=O)NCc1cc(C(=O)Nc2ccncn2)ccn1. The third-order valence-corrected chi connectivity index (χ3v) is 3.09. The van der Waals surface area contributed by atoms with Crippen molar-refractivity contribution < 1.29 is 13.2 Å². The number of carbonyl (C=O) groups excluding carboxylic acids is 1. The van der Waals surface area contributed by atoms with Crippen LogP contribution in [-0.2, 0) is 16.6 Å². The Morgan fingerprint density at radius 1 is 1.24 bits per heavy atom. The molecule has 0 atom stereocenters. The van der Waals surface area contributed by atoms with E-state index in [1.807, 2.05) is 0 Å². The molecule has 2 N–H and O–H groups in total. The Kier molecular flexibility index (Phi) is 4.55. The van der Waals surface area contributed by atoms with Crippen molar-refractivity contribution >= 4 is 21.7 Å². The van der Waals surface area contributed by atoms with Gasteiger partial charge in [0.15, 0.2) is 0 Å². The second-order valence-corrected chi connectivity index (χ2v) is 6.01. The van der Waals surface area contributed by atoms with Gasteiger partial charge in [0.1, 0.15) is 12.1 Å². The number of anilines is 1. The van der Waals surface area contributed by atoms with Crippen LogP contribution in [0, 0.1) is 0 Å². The molecule has 110 valence electrons. The van der Waals surface area contributed by atoms with Crippen molar-refractivity contribution in [2.45, 2.75) is 6.54 Å². The highest BCUT2D eigenvalue weighted by molar-refractivity contribution is 7.88. The summed E-state index contributed by atoms with van der Waals surface area (Å²) in [5.41, 5.74) is 0.796. The first-order valence-electron chi connectivity index (χ1n) is 5.91. The van der Waals surface area contributed by atoms with E-state index in [0.29, 0.717) is 17.1 Å². The maximum Gasteiger partial charge on any atom is 0.256 e. The molecule has 2 aromatic rings. The van der Waals surface area contributed by atoms with E-state index in [1.165, 1.54) is 30.9 Å². The van der Waals surface area contributed by atoms with Gasteiger partial charge in [-0.3, -0.25) is 9.78 Å². The molecule has 1 amide bonds. The lowest BCUT2D eigenvalue weighted by atomic mass is 10.2. The lowest BCUT2D eigenvalue weighted by Gasteiger charge is -2.06. The number of nitrogens with one attached hydrogen (secondary N) is 2. The zero-order valence-electron chi connectivity index (χ0n) is 11.1. The summed E-state index contributed by atoms with van der Waals surface area (Å²) in [6.07, 6.45) is 5.33. The second kappa shape index (κ2) is 6.37. The Balaban J connectivity index is 2.08. The first kappa shape index (κ1) is 15.0. The van der Waals surface area contributed by atoms with Gasteiger partial charge >= 0.3 is 0 Å². The fraction of sp³-hybridized carbons (Fsp3) is 0.167. The summed E-state index contributed by atoms with van der Waals surface area (Å²) in [5, 5.41) is 2.60. The fourth-order valence-corrected chi connectivity index (χ4v) is 1.88. The number of carbonyl (C=O) groups is 1. The number of rotatable bonds is 5. The molecule has 2 rings (SSSR count). The van der Waals surface area contributed by atoms with Crippen LogP contribution in [-0.4, -0.2) is 35.5 Å². The van der Waals surface area contributed by atoms with Crippen molar-refractivity contribution in [3.63, 3.8) is 0 Å². The predicted molar refractivity (Wildman–Crippen MR) is 75.9 cm³/mol. The monoisotopic (exact) mass is 307 g/mol. The molecule has 8 nitrogen and oxygen atoms in total. The van der Waals surface area contributed by atoms with Gasteiger partial charge < -0.3 is 5.32 Å². The number of hydrogen-bond acceptors (Lipinski definition) is 6. The Morgan fingerprint density at radius 3 is 2.71 bits per heavy atom. The molecular weight excluding hydrogens is 294 g/mol. The van der Waals surface area contributed by atoms with E-state index in [1.54, 1.807) is 6.07 Å². The van der Waals surface area contributed by atoms with Crippen molar-refractivity contribution in [1.29, 1.82) is 0 Å². The average molecular weight is 307 g/mol. The highest BCUT2D eigenvalue weighted by atomic mass is 32.2. The smallest absolute Gasteiger partial charge is 0.256 e. The molecule has 0 aromatic carbocycles. The molecule has 0 unspecified atom stereocenters.